The molecule has 168 valence electrons. The number of ether oxygens (including phenoxy) is 2. The van der Waals surface area contributed by atoms with Gasteiger partial charge in [-0.15, -0.1) is 0 Å². The van der Waals surface area contributed by atoms with Crippen LogP contribution in [-0.2, 0) is 16.1 Å². The van der Waals surface area contributed by atoms with E-state index in [1.807, 2.05) is 57.2 Å². The molecule has 0 radical (unpaired) electrons. The van der Waals surface area contributed by atoms with Crippen LogP contribution in [0.1, 0.15) is 38.3 Å². The Labute approximate surface area is 193 Å². The summed E-state index contributed by atoms with van der Waals surface area (Å²) in [5.74, 6) is 0.896. The average Bonchev–Trinajstić information content (AvgIpc) is 2.77. The summed E-state index contributed by atoms with van der Waals surface area (Å²) < 4.78 is 11.9. The first kappa shape index (κ1) is 24.7. The third-order valence-corrected chi connectivity index (χ3v) is 6.06. The number of amides is 2. The SMILES string of the molecule is CC[C@H](C)NC(=O)[C@H](C)N(Cc1ccc(OC)cc1)C(=O)COc1ccc(Br)c(C)c1. The van der Waals surface area contributed by atoms with Crippen molar-refractivity contribution < 1.29 is 19.1 Å². The third-order valence-electron chi connectivity index (χ3n) is 5.17. The summed E-state index contributed by atoms with van der Waals surface area (Å²) in [5.41, 5.74) is 1.91. The minimum absolute atomic E-state index is 0.0369. The molecule has 0 heterocycles. The maximum atomic E-state index is 13.1. The fourth-order valence-corrected chi connectivity index (χ4v) is 3.16. The molecule has 0 fully saturated rings. The molecule has 2 aromatic rings. The molecule has 2 aromatic carbocycles. The Morgan fingerprint density at radius 2 is 1.74 bits per heavy atom. The highest BCUT2D eigenvalue weighted by atomic mass is 79.9. The fraction of sp³-hybridized carbons (Fsp3) is 0.417. The molecule has 0 unspecified atom stereocenters. The van der Waals surface area contributed by atoms with Gasteiger partial charge in [0.1, 0.15) is 17.5 Å². The van der Waals surface area contributed by atoms with E-state index in [0.717, 1.165) is 27.8 Å². The Bertz CT molecular complexity index is 886. The molecular formula is C24H31BrN2O4. The first-order chi connectivity index (χ1) is 14.7. The van der Waals surface area contributed by atoms with Crippen molar-refractivity contribution in [2.45, 2.75) is 52.7 Å². The first-order valence-electron chi connectivity index (χ1n) is 10.4. The molecule has 2 amide bonds. The van der Waals surface area contributed by atoms with Crippen LogP contribution >= 0.6 is 15.9 Å². The van der Waals surface area contributed by atoms with Crippen LogP contribution in [0.25, 0.3) is 0 Å². The number of halogens is 1. The van der Waals surface area contributed by atoms with Gasteiger partial charge in [0.15, 0.2) is 6.61 Å². The highest BCUT2D eigenvalue weighted by Gasteiger charge is 2.27. The Morgan fingerprint density at radius 1 is 1.10 bits per heavy atom. The molecule has 7 heteroatoms. The molecule has 0 saturated heterocycles. The van der Waals surface area contributed by atoms with Gasteiger partial charge >= 0.3 is 0 Å². The molecule has 2 rings (SSSR count). The molecule has 0 aliphatic rings. The molecule has 0 bridgehead atoms. The summed E-state index contributed by atoms with van der Waals surface area (Å²) in [6.45, 7) is 7.78. The number of aryl methyl sites for hydroxylation is 1. The van der Waals surface area contributed by atoms with Crippen LogP contribution in [0.2, 0.25) is 0 Å². The zero-order valence-corrected chi connectivity index (χ0v) is 20.4. The Morgan fingerprint density at radius 3 is 2.32 bits per heavy atom. The predicted molar refractivity (Wildman–Crippen MR) is 125 cm³/mol. The molecule has 0 aromatic heterocycles. The number of nitrogens with one attached hydrogen (secondary N) is 1. The molecule has 0 spiro atoms. The van der Waals surface area contributed by atoms with Gasteiger partial charge in [-0.3, -0.25) is 9.59 Å². The largest absolute Gasteiger partial charge is 0.497 e. The van der Waals surface area contributed by atoms with E-state index in [9.17, 15) is 9.59 Å². The van der Waals surface area contributed by atoms with Crippen LogP contribution < -0.4 is 14.8 Å². The second-order valence-corrected chi connectivity index (χ2v) is 8.42. The fourth-order valence-electron chi connectivity index (χ4n) is 2.91. The van der Waals surface area contributed by atoms with Gasteiger partial charge in [-0.2, -0.15) is 0 Å². The highest BCUT2D eigenvalue weighted by molar-refractivity contribution is 9.10. The Kier molecular flexibility index (Phi) is 9.37. The maximum absolute atomic E-state index is 13.1. The number of benzene rings is 2. The average molecular weight is 491 g/mol. The minimum atomic E-state index is -0.640. The number of hydrogen-bond acceptors (Lipinski definition) is 4. The van der Waals surface area contributed by atoms with E-state index < -0.39 is 6.04 Å². The molecular weight excluding hydrogens is 460 g/mol. The van der Waals surface area contributed by atoms with E-state index in [1.165, 1.54) is 0 Å². The zero-order valence-electron chi connectivity index (χ0n) is 18.8. The number of rotatable bonds is 10. The van der Waals surface area contributed by atoms with E-state index in [0.29, 0.717) is 12.3 Å². The van der Waals surface area contributed by atoms with Crippen molar-refractivity contribution in [3.8, 4) is 11.5 Å². The quantitative estimate of drug-likeness (QED) is 0.533. The molecule has 6 nitrogen and oxygen atoms in total. The second-order valence-electron chi connectivity index (χ2n) is 7.56. The number of nitrogens with zero attached hydrogens (tertiary/aromatic N) is 1. The topological polar surface area (TPSA) is 67.9 Å². The summed E-state index contributed by atoms with van der Waals surface area (Å²) in [5, 5.41) is 2.96. The van der Waals surface area contributed by atoms with E-state index >= 15 is 0 Å². The molecule has 31 heavy (non-hydrogen) atoms. The molecule has 0 saturated carbocycles. The van der Waals surface area contributed by atoms with Crippen LogP contribution in [-0.4, -0.2) is 42.5 Å². The Hall–Kier alpha value is -2.54. The lowest BCUT2D eigenvalue weighted by atomic mass is 10.1. The van der Waals surface area contributed by atoms with Gasteiger partial charge in [0.25, 0.3) is 5.91 Å². The van der Waals surface area contributed by atoms with E-state index in [-0.39, 0.29) is 24.5 Å². The number of carbonyl (C=O) groups excluding carboxylic acids is 2. The highest BCUT2D eigenvalue weighted by Crippen LogP contribution is 2.22. The standard InChI is InChI=1S/C24H31BrN2O4/c1-6-17(3)26-24(29)18(4)27(14-19-7-9-20(30-5)10-8-19)23(28)15-31-21-11-12-22(25)16(2)13-21/h7-13,17-18H,6,14-15H2,1-5H3,(H,26,29)/t17-,18-/m0/s1. The summed E-state index contributed by atoms with van der Waals surface area (Å²) in [6.07, 6.45) is 0.816. The molecule has 2 atom stereocenters. The van der Waals surface area contributed by atoms with Crippen LogP contribution in [0.3, 0.4) is 0 Å². The smallest absolute Gasteiger partial charge is 0.261 e. The van der Waals surface area contributed by atoms with Crippen molar-refractivity contribution in [2.75, 3.05) is 13.7 Å². The normalized spacial score (nSPS) is 12.6. The van der Waals surface area contributed by atoms with Crippen molar-refractivity contribution in [3.05, 3.63) is 58.1 Å². The Balaban J connectivity index is 2.16. The summed E-state index contributed by atoms with van der Waals surface area (Å²) >= 11 is 3.46. The number of hydrogen-bond donors (Lipinski definition) is 1. The van der Waals surface area contributed by atoms with E-state index in [2.05, 4.69) is 21.2 Å². The summed E-state index contributed by atoms with van der Waals surface area (Å²) in [7, 11) is 1.60. The summed E-state index contributed by atoms with van der Waals surface area (Å²) in [4.78, 5) is 27.4. The lowest BCUT2D eigenvalue weighted by Crippen LogP contribution is -2.50. The van der Waals surface area contributed by atoms with Gasteiger partial charge in [-0.25, -0.2) is 0 Å². The lowest BCUT2D eigenvalue weighted by Gasteiger charge is -2.29. The van der Waals surface area contributed by atoms with E-state index in [1.54, 1.807) is 25.0 Å². The van der Waals surface area contributed by atoms with Crippen LogP contribution in [0.5, 0.6) is 11.5 Å². The monoisotopic (exact) mass is 490 g/mol. The number of carbonyl (C=O) groups is 2. The van der Waals surface area contributed by atoms with Crippen molar-refractivity contribution in [1.29, 1.82) is 0 Å². The summed E-state index contributed by atoms with van der Waals surface area (Å²) in [6, 6.07) is 12.4. The van der Waals surface area contributed by atoms with Crippen LogP contribution in [0.4, 0.5) is 0 Å². The van der Waals surface area contributed by atoms with Crippen molar-refractivity contribution >= 4 is 27.7 Å². The van der Waals surface area contributed by atoms with Gasteiger partial charge in [0.05, 0.1) is 7.11 Å². The van der Waals surface area contributed by atoms with Gasteiger partial charge in [-0.05, 0) is 68.7 Å². The maximum Gasteiger partial charge on any atom is 0.261 e. The van der Waals surface area contributed by atoms with Gasteiger partial charge in [0, 0.05) is 17.1 Å². The van der Waals surface area contributed by atoms with Gasteiger partial charge < -0.3 is 19.7 Å². The van der Waals surface area contributed by atoms with Crippen molar-refractivity contribution in [1.82, 2.24) is 10.2 Å². The van der Waals surface area contributed by atoms with Crippen LogP contribution in [0.15, 0.2) is 46.9 Å². The third kappa shape index (κ3) is 7.28. The zero-order chi connectivity index (χ0) is 23.0. The van der Waals surface area contributed by atoms with Crippen molar-refractivity contribution in [3.63, 3.8) is 0 Å². The molecule has 0 aliphatic heterocycles. The van der Waals surface area contributed by atoms with Crippen LogP contribution in [0, 0.1) is 6.92 Å². The first-order valence-corrected chi connectivity index (χ1v) is 11.2. The minimum Gasteiger partial charge on any atom is -0.497 e. The van der Waals surface area contributed by atoms with Crippen molar-refractivity contribution in [2.24, 2.45) is 0 Å². The van der Waals surface area contributed by atoms with Gasteiger partial charge in [0.2, 0.25) is 5.91 Å². The molecule has 0 aliphatic carbocycles. The molecule has 1 N–H and O–H groups in total. The predicted octanol–water partition coefficient (Wildman–Crippen LogP) is 4.48. The van der Waals surface area contributed by atoms with E-state index in [4.69, 9.17) is 9.47 Å². The van der Waals surface area contributed by atoms with Gasteiger partial charge in [-0.1, -0.05) is 35.0 Å². The lowest BCUT2D eigenvalue weighted by molar-refractivity contribution is -0.142. The number of methoxy groups -OCH3 is 1. The second kappa shape index (κ2) is 11.7.